The van der Waals surface area contributed by atoms with Crippen molar-refractivity contribution >= 4 is 0 Å². The van der Waals surface area contributed by atoms with Crippen molar-refractivity contribution in [3.63, 3.8) is 0 Å². The summed E-state index contributed by atoms with van der Waals surface area (Å²) in [4.78, 5) is 0. The summed E-state index contributed by atoms with van der Waals surface area (Å²) in [6, 6.07) is 0. The lowest BCUT2D eigenvalue weighted by Gasteiger charge is -1.95. The molecule has 0 unspecified atom stereocenters. The SMILES string of the molecule is [CH2]CCCCc1n[nH]cc1C. The van der Waals surface area contributed by atoms with Crippen LogP contribution in [0.25, 0.3) is 0 Å². The predicted octanol–water partition coefficient (Wildman–Crippen LogP) is 2.27. The first-order valence-corrected chi connectivity index (χ1v) is 4.13. The van der Waals surface area contributed by atoms with Gasteiger partial charge in [0.15, 0.2) is 0 Å². The summed E-state index contributed by atoms with van der Waals surface area (Å²) < 4.78 is 0. The van der Waals surface area contributed by atoms with Gasteiger partial charge in [-0.3, -0.25) is 5.10 Å². The topological polar surface area (TPSA) is 28.7 Å². The molecule has 0 saturated heterocycles. The zero-order chi connectivity index (χ0) is 8.10. The van der Waals surface area contributed by atoms with Gasteiger partial charge in [-0.15, -0.1) is 0 Å². The third-order valence-corrected chi connectivity index (χ3v) is 1.85. The van der Waals surface area contributed by atoms with Gasteiger partial charge in [0.25, 0.3) is 0 Å². The largest absolute Gasteiger partial charge is 0.285 e. The summed E-state index contributed by atoms with van der Waals surface area (Å²) >= 11 is 0. The van der Waals surface area contributed by atoms with Crippen LogP contribution in [0.4, 0.5) is 0 Å². The van der Waals surface area contributed by atoms with Crippen molar-refractivity contribution in [1.82, 2.24) is 10.2 Å². The van der Waals surface area contributed by atoms with Crippen LogP contribution in [-0.4, -0.2) is 10.2 Å². The fourth-order valence-corrected chi connectivity index (χ4v) is 1.10. The molecule has 0 aromatic carbocycles. The standard InChI is InChI=1S/C9H15N2/c1-3-4-5-6-9-8(2)7-10-11-9/h7H,1,3-6H2,2H3,(H,10,11). The van der Waals surface area contributed by atoms with E-state index in [9.17, 15) is 0 Å². The van der Waals surface area contributed by atoms with E-state index in [2.05, 4.69) is 24.0 Å². The lowest BCUT2D eigenvalue weighted by Crippen LogP contribution is -1.87. The van der Waals surface area contributed by atoms with Gasteiger partial charge in [0.2, 0.25) is 0 Å². The molecule has 0 aliphatic carbocycles. The van der Waals surface area contributed by atoms with E-state index < -0.39 is 0 Å². The van der Waals surface area contributed by atoms with E-state index in [0.29, 0.717) is 0 Å². The Labute approximate surface area is 68.0 Å². The lowest BCUT2D eigenvalue weighted by molar-refractivity contribution is 0.728. The van der Waals surface area contributed by atoms with Crippen LogP contribution in [0.3, 0.4) is 0 Å². The first-order chi connectivity index (χ1) is 5.34. The highest BCUT2D eigenvalue weighted by atomic mass is 15.1. The van der Waals surface area contributed by atoms with E-state index >= 15 is 0 Å². The Hall–Kier alpha value is -0.790. The molecule has 2 heteroatoms. The summed E-state index contributed by atoms with van der Waals surface area (Å²) in [7, 11) is 0. The predicted molar refractivity (Wildman–Crippen MR) is 46.2 cm³/mol. The zero-order valence-corrected chi connectivity index (χ0v) is 7.06. The Kier molecular flexibility index (Phi) is 3.14. The minimum Gasteiger partial charge on any atom is -0.285 e. The van der Waals surface area contributed by atoms with Crippen molar-refractivity contribution in [2.45, 2.75) is 32.6 Å². The fourth-order valence-electron chi connectivity index (χ4n) is 1.10. The van der Waals surface area contributed by atoms with Gasteiger partial charge < -0.3 is 0 Å². The number of hydrogen-bond acceptors (Lipinski definition) is 1. The Morgan fingerprint density at radius 1 is 1.55 bits per heavy atom. The summed E-state index contributed by atoms with van der Waals surface area (Å²) in [5.41, 5.74) is 2.48. The quantitative estimate of drug-likeness (QED) is 0.657. The van der Waals surface area contributed by atoms with Gasteiger partial charge in [-0.25, -0.2) is 0 Å². The molecule has 61 valence electrons. The molecule has 0 bridgehead atoms. The number of hydrogen-bond donors (Lipinski definition) is 1. The van der Waals surface area contributed by atoms with Crippen molar-refractivity contribution in [2.24, 2.45) is 0 Å². The zero-order valence-electron chi connectivity index (χ0n) is 7.06. The molecular weight excluding hydrogens is 136 g/mol. The average molecular weight is 151 g/mol. The van der Waals surface area contributed by atoms with Crippen LogP contribution < -0.4 is 0 Å². The van der Waals surface area contributed by atoms with Gasteiger partial charge in [0, 0.05) is 6.20 Å². The first-order valence-electron chi connectivity index (χ1n) is 4.13. The van der Waals surface area contributed by atoms with Crippen molar-refractivity contribution in [1.29, 1.82) is 0 Å². The number of aromatic nitrogens is 2. The summed E-state index contributed by atoms with van der Waals surface area (Å²) in [5, 5.41) is 7.00. The van der Waals surface area contributed by atoms with Crippen LogP contribution in [0.2, 0.25) is 0 Å². The maximum absolute atomic E-state index is 4.14. The highest BCUT2D eigenvalue weighted by molar-refractivity contribution is 5.13. The van der Waals surface area contributed by atoms with Gasteiger partial charge in [0.05, 0.1) is 5.69 Å². The fraction of sp³-hybridized carbons (Fsp3) is 0.556. The van der Waals surface area contributed by atoms with E-state index in [-0.39, 0.29) is 0 Å². The molecule has 0 fully saturated rings. The second kappa shape index (κ2) is 4.16. The number of aromatic amines is 1. The molecule has 1 radical (unpaired) electrons. The summed E-state index contributed by atoms with van der Waals surface area (Å²) in [5.74, 6) is 0. The number of unbranched alkanes of at least 4 members (excludes halogenated alkanes) is 2. The second-order valence-corrected chi connectivity index (χ2v) is 2.83. The lowest BCUT2D eigenvalue weighted by atomic mass is 10.1. The molecule has 1 aromatic rings. The van der Waals surface area contributed by atoms with E-state index in [4.69, 9.17) is 0 Å². The number of nitrogens with zero attached hydrogens (tertiary/aromatic N) is 1. The monoisotopic (exact) mass is 151 g/mol. The van der Waals surface area contributed by atoms with Gasteiger partial charge >= 0.3 is 0 Å². The highest BCUT2D eigenvalue weighted by Gasteiger charge is 1.98. The molecule has 0 aliphatic rings. The van der Waals surface area contributed by atoms with Crippen molar-refractivity contribution in [3.05, 3.63) is 24.4 Å². The van der Waals surface area contributed by atoms with Gasteiger partial charge in [0.1, 0.15) is 0 Å². The Morgan fingerprint density at radius 2 is 2.36 bits per heavy atom. The molecule has 1 aromatic heterocycles. The van der Waals surface area contributed by atoms with Crippen molar-refractivity contribution in [2.75, 3.05) is 0 Å². The summed E-state index contributed by atoms with van der Waals surface area (Å²) in [6.07, 6.45) is 6.47. The molecule has 0 saturated carbocycles. The van der Waals surface area contributed by atoms with E-state index in [1.54, 1.807) is 0 Å². The molecule has 1 N–H and O–H groups in total. The number of H-pyrrole nitrogens is 1. The van der Waals surface area contributed by atoms with Crippen LogP contribution in [0, 0.1) is 13.8 Å². The summed E-state index contributed by atoms with van der Waals surface area (Å²) in [6.45, 7) is 5.89. The van der Waals surface area contributed by atoms with E-state index in [0.717, 1.165) is 12.8 Å². The maximum Gasteiger partial charge on any atom is 0.0651 e. The maximum atomic E-state index is 4.14. The third-order valence-electron chi connectivity index (χ3n) is 1.85. The van der Waals surface area contributed by atoms with Crippen LogP contribution in [0.1, 0.15) is 30.5 Å². The van der Waals surface area contributed by atoms with Crippen LogP contribution in [-0.2, 0) is 6.42 Å². The van der Waals surface area contributed by atoms with Crippen LogP contribution in [0.15, 0.2) is 6.20 Å². The average Bonchev–Trinajstić information content (AvgIpc) is 2.37. The molecule has 1 rings (SSSR count). The van der Waals surface area contributed by atoms with Gasteiger partial charge in [-0.1, -0.05) is 19.8 Å². The normalized spacial score (nSPS) is 10.4. The molecule has 1 heterocycles. The minimum absolute atomic E-state index is 1.03. The Balaban J connectivity index is 2.32. The Bertz CT molecular complexity index is 203. The molecule has 11 heavy (non-hydrogen) atoms. The number of nitrogens with one attached hydrogen (secondary N) is 1. The highest BCUT2D eigenvalue weighted by Crippen LogP contribution is 2.07. The van der Waals surface area contributed by atoms with Gasteiger partial charge in [-0.2, -0.15) is 5.10 Å². The molecule has 0 atom stereocenters. The van der Waals surface area contributed by atoms with Crippen LogP contribution >= 0.6 is 0 Å². The molecular formula is C9H15N2. The van der Waals surface area contributed by atoms with Crippen LogP contribution in [0.5, 0.6) is 0 Å². The smallest absolute Gasteiger partial charge is 0.0651 e. The van der Waals surface area contributed by atoms with E-state index in [1.807, 2.05) is 6.20 Å². The molecule has 0 spiro atoms. The molecule has 2 nitrogen and oxygen atoms in total. The van der Waals surface area contributed by atoms with Crippen molar-refractivity contribution in [3.8, 4) is 0 Å². The number of aryl methyl sites for hydroxylation is 2. The van der Waals surface area contributed by atoms with E-state index in [1.165, 1.54) is 24.1 Å². The number of rotatable bonds is 4. The third kappa shape index (κ3) is 2.37. The second-order valence-electron chi connectivity index (χ2n) is 2.83. The van der Waals surface area contributed by atoms with Crippen molar-refractivity contribution < 1.29 is 0 Å². The molecule has 0 aliphatic heterocycles. The Morgan fingerprint density at radius 3 is 2.91 bits per heavy atom. The van der Waals surface area contributed by atoms with Gasteiger partial charge in [-0.05, 0) is 25.3 Å². The molecule has 0 amide bonds. The minimum atomic E-state index is 1.03. The first kappa shape index (κ1) is 8.31.